The van der Waals surface area contributed by atoms with E-state index in [-0.39, 0.29) is 16.7 Å². The van der Waals surface area contributed by atoms with Gasteiger partial charge in [0.15, 0.2) is 0 Å². The second-order valence-corrected chi connectivity index (χ2v) is 8.60. The van der Waals surface area contributed by atoms with Crippen LogP contribution in [0.15, 0.2) is 90.0 Å². The molecule has 0 bridgehead atoms. The van der Waals surface area contributed by atoms with E-state index in [0.717, 1.165) is 10.9 Å². The lowest BCUT2D eigenvalue weighted by molar-refractivity contribution is -0.384. The first-order valence-corrected chi connectivity index (χ1v) is 11.5. The Morgan fingerprint density at radius 1 is 1.03 bits per heavy atom. The quantitative estimate of drug-likeness (QED) is 0.132. The predicted molar refractivity (Wildman–Crippen MR) is 138 cm³/mol. The van der Waals surface area contributed by atoms with Crippen LogP contribution in [0, 0.1) is 10.1 Å². The Morgan fingerprint density at radius 3 is 2.47 bits per heavy atom. The second-order valence-electron chi connectivity index (χ2n) is 7.81. The molecule has 0 radical (unpaired) electrons. The van der Waals surface area contributed by atoms with Crippen molar-refractivity contribution in [2.75, 3.05) is 0 Å². The molecule has 1 atom stereocenters. The van der Waals surface area contributed by atoms with E-state index in [1.807, 2.05) is 24.3 Å². The number of halogens is 2. The number of benzene rings is 3. The van der Waals surface area contributed by atoms with Gasteiger partial charge in [-0.05, 0) is 48.0 Å². The summed E-state index contributed by atoms with van der Waals surface area (Å²) >= 11 is 12.4. The molecule has 0 spiro atoms. The number of carbonyl (C=O) groups is 1. The molecule has 1 aliphatic heterocycles. The Balaban J connectivity index is 1.52. The number of hydrogen-bond donors (Lipinski definition) is 0. The van der Waals surface area contributed by atoms with Crippen LogP contribution in [0.5, 0.6) is 0 Å². The summed E-state index contributed by atoms with van der Waals surface area (Å²) in [4.78, 5) is 28.2. The maximum absolute atomic E-state index is 13.2. The molecule has 4 aromatic rings. The van der Waals surface area contributed by atoms with Gasteiger partial charge in [0.1, 0.15) is 5.15 Å². The molecule has 1 aliphatic rings. The fourth-order valence-electron chi connectivity index (χ4n) is 3.64. The Hall–Kier alpha value is -4.27. The van der Waals surface area contributed by atoms with Crippen LogP contribution in [-0.4, -0.2) is 26.7 Å². The zero-order valence-electron chi connectivity index (χ0n) is 18.4. The van der Waals surface area contributed by atoms with Crippen molar-refractivity contribution < 1.29 is 14.5 Å². The average molecular weight is 519 g/mol. The third kappa shape index (κ3) is 4.77. The third-order valence-corrected chi connectivity index (χ3v) is 6.01. The van der Waals surface area contributed by atoms with Gasteiger partial charge < -0.3 is 4.74 Å². The maximum Gasteiger partial charge on any atom is 0.270 e. The van der Waals surface area contributed by atoms with E-state index in [0.29, 0.717) is 21.7 Å². The third-order valence-electron chi connectivity index (χ3n) is 5.45. The Labute approximate surface area is 215 Å². The van der Waals surface area contributed by atoms with E-state index >= 15 is 0 Å². The average Bonchev–Trinajstić information content (AvgIpc) is 3.33. The van der Waals surface area contributed by atoms with Crippen LogP contribution in [0.4, 0.5) is 5.69 Å². The fourth-order valence-corrected chi connectivity index (χ4v) is 4.01. The number of pyridine rings is 1. The number of ether oxygens (including phenoxy) is 1. The SMILES string of the molecule is O=C(/C=C/c1ccc(Cl)cc1)N1N=C(c2ccc([N+](=O)[O-])cc2)OC1c1cc2ccccc2nc1Cl. The van der Waals surface area contributed by atoms with Gasteiger partial charge in [0.05, 0.1) is 16.0 Å². The van der Waals surface area contributed by atoms with Crippen LogP contribution < -0.4 is 0 Å². The number of amides is 1. The molecular formula is C26H16Cl2N4O4. The van der Waals surface area contributed by atoms with E-state index in [1.165, 1.54) is 35.4 Å². The number of para-hydroxylation sites is 1. The van der Waals surface area contributed by atoms with Crippen molar-refractivity contribution in [3.05, 3.63) is 122 Å². The largest absolute Gasteiger partial charge is 0.446 e. The number of non-ortho nitro benzene ring substituents is 1. The summed E-state index contributed by atoms with van der Waals surface area (Å²) in [6, 6.07) is 21.9. The number of nitrogens with zero attached hydrogens (tertiary/aromatic N) is 4. The molecule has 2 heterocycles. The number of carbonyl (C=O) groups excluding carboxylic acids is 1. The molecule has 36 heavy (non-hydrogen) atoms. The maximum atomic E-state index is 13.2. The normalized spacial score (nSPS) is 15.2. The summed E-state index contributed by atoms with van der Waals surface area (Å²) in [5.41, 5.74) is 2.31. The van der Waals surface area contributed by atoms with Crippen molar-refractivity contribution in [3.63, 3.8) is 0 Å². The standard InChI is InChI=1S/C26H16Cl2N4O4/c27-19-10-5-16(6-11-19)7-14-23(33)31-26(21-15-18-3-1-2-4-22(18)29-24(21)28)36-25(30-31)17-8-12-20(13-9-17)32(34)35/h1-15,26H/b14-7+. The van der Waals surface area contributed by atoms with Crippen molar-refractivity contribution in [2.45, 2.75) is 6.23 Å². The molecular weight excluding hydrogens is 503 g/mol. The minimum absolute atomic E-state index is 0.0745. The van der Waals surface area contributed by atoms with Crippen LogP contribution in [0.25, 0.3) is 17.0 Å². The molecule has 5 rings (SSSR count). The summed E-state index contributed by atoms with van der Waals surface area (Å²) in [6.07, 6.45) is 2.00. The summed E-state index contributed by atoms with van der Waals surface area (Å²) in [5.74, 6) is -0.344. The number of rotatable bonds is 5. The number of aromatic nitrogens is 1. The van der Waals surface area contributed by atoms with Crippen molar-refractivity contribution >= 4 is 57.7 Å². The lowest BCUT2D eigenvalue weighted by atomic mass is 10.1. The Bertz CT molecular complexity index is 1540. The molecule has 0 saturated carbocycles. The highest BCUT2D eigenvalue weighted by Gasteiger charge is 2.36. The highest BCUT2D eigenvalue weighted by molar-refractivity contribution is 6.31. The van der Waals surface area contributed by atoms with Gasteiger partial charge >= 0.3 is 0 Å². The summed E-state index contributed by atoms with van der Waals surface area (Å²) < 4.78 is 6.07. The molecule has 10 heteroatoms. The van der Waals surface area contributed by atoms with E-state index in [9.17, 15) is 14.9 Å². The molecule has 0 saturated heterocycles. The van der Waals surface area contributed by atoms with Gasteiger partial charge in [-0.3, -0.25) is 14.9 Å². The molecule has 0 aliphatic carbocycles. The highest BCUT2D eigenvalue weighted by Crippen LogP contribution is 2.35. The van der Waals surface area contributed by atoms with Gasteiger partial charge in [-0.1, -0.05) is 53.5 Å². The number of fused-ring (bicyclic) bond motifs is 1. The first-order valence-electron chi connectivity index (χ1n) is 10.7. The van der Waals surface area contributed by atoms with Gasteiger partial charge in [-0.2, -0.15) is 5.01 Å². The molecule has 0 fully saturated rings. The molecule has 8 nitrogen and oxygen atoms in total. The fraction of sp³-hybridized carbons (Fsp3) is 0.0385. The zero-order chi connectivity index (χ0) is 25.2. The van der Waals surface area contributed by atoms with E-state index in [1.54, 1.807) is 36.4 Å². The number of hydrogen-bond acceptors (Lipinski definition) is 6. The van der Waals surface area contributed by atoms with Crippen molar-refractivity contribution in [1.29, 1.82) is 0 Å². The van der Waals surface area contributed by atoms with Crippen LogP contribution in [-0.2, 0) is 9.53 Å². The minimum Gasteiger partial charge on any atom is -0.446 e. The van der Waals surface area contributed by atoms with Crippen LogP contribution in [0.1, 0.15) is 22.9 Å². The number of hydrazone groups is 1. The van der Waals surface area contributed by atoms with Gasteiger partial charge in [-0.25, -0.2) is 4.98 Å². The number of nitro benzene ring substituents is 1. The molecule has 0 N–H and O–H groups in total. The Morgan fingerprint density at radius 2 is 1.75 bits per heavy atom. The smallest absolute Gasteiger partial charge is 0.270 e. The molecule has 3 aromatic carbocycles. The van der Waals surface area contributed by atoms with Gasteiger partial charge in [0.25, 0.3) is 11.6 Å². The number of nitro groups is 1. The van der Waals surface area contributed by atoms with E-state index in [4.69, 9.17) is 27.9 Å². The lowest BCUT2D eigenvalue weighted by Crippen LogP contribution is -2.26. The first kappa shape index (κ1) is 23.5. The van der Waals surface area contributed by atoms with E-state index < -0.39 is 17.1 Å². The van der Waals surface area contributed by atoms with Crippen LogP contribution >= 0.6 is 23.2 Å². The van der Waals surface area contributed by atoms with Crippen LogP contribution in [0.2, 0.25) is 10.2 Å². The summed E-state index contributed by atoms with van der Waals surface area (Å²) in [5, 5.41) is 18.1. The van der Waals surface area contributed by atoms with Gasteiger partial charge in [-0.15, -0.1) is 5.10 Å². The summed E-state index contributed by atoms with van der Waals surface area (Å²) in [7, 11) is 0. The minimum atomic E-state index is -0.998. The monoisotopic (exact) mass is 518 g/mol. The second kappa shape index (κ2) is 9.77. The predicted octanol–water partition coefficient (Wildman–Crippen LogP) is 6.38. The molecule has 1 aromatic heterocycles. The highest BCUT2D eigenvalue weighted by atomic mass is 35.5. The lowest BCUT2D eigenvalue weighted by Gasteiger charge is -2.20. The summed E-state index contributed by atoms with van der Waals surface area (Å²) in [6.45, 7) is 0. The molecule has 178 valence electrons. The van der Waals surface area contributed by atoms with E-state index in [2.05, 4.69) is 10.1 Å². The van der Waals surface area contributed by atoms with Crippen molar-refractivity contribution in [3.8, 4) is 0 Å². The van der Waals surface area contributed by atoms with Crippen LogP contribution in [0.3, 0.4) is 0 Å². The van der Waals surface area contributed by atoms with Gasteiger partial charge in [0, 0.05) is 34.2 Å². The first-order chi connectivity index (χ1) is 17.4. The van der Waals surface area contributed by atoms with Crippen molar-refractivity contribution in [1.82, 2.24) is 9.99 Å². The zero-order valence-corrected chi connectivity index (χ0v) is 19.9. The topological polar surface area (TPSA) is 97.9 Å². The van der Waals surface area contributed by atoms with Gasteiger partial charge in [0.2, 0.25) is 12.1 Å². The molecule has 1 amide bonds. The van der Waals surface area contributed by atoms with Crippen molar-refractivity contribution in [2.24, 2.45) is 5.10 Å². The molecule has 1 unspecified atom stereocenters. The Kier molecular flexibility index (Phi) is 6.37.